The molecule has 0 aliphatic carbocycles. The lowest BCUT2D eigenvalue weighted by molar-refractivity contribution is -0.140. The Kier molecular flexibility index (Phi) is 6.59. The van der Waals surface area contributed by atoms with Gasteiger partial charge in [0, 0.05) is 28.5 Å². The summed E-state index contributed by atoms with van der Waals surface area (Å²) >= 11 is 1.42. The van der Waals surface area contributed by atoms with E-state index in [0.29, 0.717) is 23.5 Å². The molecule has 0 saturated carbocycles. The van der Waals surface area contributed by atoms with Crippen molar-refractivity contribution in [1.29, 1.82) is 0 Å². The summed E-state index contributed by atoms with van der Waals surface area (Å²) in [6, 6.07) is 7.27. The van der Waals surface area contributed by atoms with Crippen LogP contribution in [0.25, 0.3) is 5.69 Å². The molecule has 0 saturated heterocycles. The fourth-order valence-corrected chi connectivity index (χ4v) is 4.15. The highest BCUT2D eigenvalue weighted by molar-refractivity contribution is 7.14. The van der Waals surface area contributed by atoms with Gasteiger partial charge in [0.1, 0.15) is 0 Å². The van der Waals surface area contributed by atoms with Gasteiger partial charge in [0.2, 0.25) is 0 Å². The molecule has 1 amide bonds. The van der Waals surface area contributed by atoms with Gasteiger partial charge >= 0.3 is 5.97 Å². The number of thiazole rings is 1. The Labute approximate surface area is 186 Å². The van der Waals surface area contributed by atoms with E-state index in [1.54, 1.807) is 12.1 Å². The van der Waals surface area contributed by atoms with E-state index in [-0.39, 0.29) is 17.3 Å². The average molecular weight is 441 g/mol. The zero-order valence-electron chi connectivity index (χ0n) is 18.8. The minimum absolute atomic E-state index is 0.0589. The summed E-state index contributed by atoms with van der Waals surface area (Å²) in [5, 5.41) is 10.0. The summed E-state index contributed by atoms with van der Waals surface area (Å²) in [7, 11) is 1.39. The molecule has 2 aromatic heterocycles. The largest absolute Gasteiger partial charge is 0.469 e. The third kappa shape index (κ3) is 5.19. The Bertz CT molecular complexity index is 1090. The fraction of sp³-hybridized carbons (Fsp3) is 0.391. The van der Waals surface area contributed by atoms with Crippen molar-refractivity contribution in [2.45, 2.75) is 52.9 Å². The maximum absolute atomic E-state index is 12.6. The molecule has 0 radical (unpaired) electrons. The van der Waals surface area contributed by atoms with Gasteiger partial charge in [-0.15, -0.1) is 11.3 Å². The number of nitrogens with zero attached hydrogens (tertiary/aromatic N) is 3. The molecule has 164 valence electrons. The van der Waals surface area contributed by atoms with Crippen LogP contribution in [0.5, 0.6) is 0 Å². The van der Waals surface area contributed by atoms with Crippen LogP contribution < -0.4 is 5.32 Å². The van der Waals surface area contributed by atoms with Crippen molar-refractivity contribution >= 4 is 28.3 Å². The molecule has 0 aliphatic rings. The van der Waals surface area contributed by atoms with E-state index >= 15 is 0 Å². The van der Waals surface area contributed by atoms with Crippen LogP contribution in [0.3, 0.4) is 0 Å². The van der Waals surface area contributed by atoms with Crippen molar-refractivity contribution in [2.75, 3.05) is 12.4 Å². The molecular weight excluding hydrogens is 412 g/mol. The van der Waals surface area contributed by atoms with E-state index in [9.17, 15) is 9.59 Å². The Morgan fingerprint density at radius 3 is 2.42 bits per heavy atom. The fourth-order valence-electron chi connectivity index (χ4n) is 3.22. The van der Waals surface area contributed by atoms with Gasteiger partial charge in [-0.3, -0.25) is 14.9 Å². The number of anilines is 1. The summed E-state index contributed by atoms with van der Waals surface area (Å²) in [5.41, 5.74) is 5.17. The summed E-state index contributed by atoms with van der Waals surface area (Å²) < 4.78 is 6.56. The quantitative estimate of drug-likeness (QED) is 0.566. The van der Waals surface area contributed by atoms with Gasteiger partial charge in [0.05, 0.1) is 24.2 Å². The highest BCUT2D eigenvalue weighted by Gasteiger charge is 2.19. The first-order valence-electron chi connectivity index (χ1n) is 10.1. The first kappa shape index (κ1) is 22.7. The molecule has 8 heteroatoms. The van der Waals surface area contributed by atoms with Crippen molar-refractivity contribution < 1.29 is 14.3 Å². The smallest absolute Gasteiger partial charge is 0.305 e. The number of benzene rings is 1. The molecule has 0 spiro atoms. The molecule has 3 aromatic rings. The molecule has 31 heavy (non-hydrogen) atoms. The minimum Gasteiger partial charge on any atom is -0.469 e. The zero-order chi connectivity index (χ0) is 22.8. The molecule has 0 aliphatic heterocycles. The first-order chi connectivity index (χ1) is 14.6. The van der Waals surface area contributed by atoms with Crippen molar-refractivity contribution in [3.63, 3.8) is 0 Å². The normalized spacial score (nSPS) is 11.4. The summed E-state index contributed by atoms with van der Waals surface area (Å²) in [6.07, 6.45) is 0.895. The topological polar surface area (TPSA) is 86.1 Å². The van der Waals surface area contributed by atoms with Gasteiger partial charge in [0.25, 0.3) is 5.91 Å². The number of methoxy groups -OCH3 is 1. The second kappa shape index (κ2) is 9.01. The number of aryl methyl sites for hydroxylation is 1. The maximum atomic E-state index is 12.6. The van der Waals surface area contributed by atoms with Crippen LogP contribution in [-0.4, -0.2) is 33.8 Å². The standard InChI is InChI=1S/C23H28N4O3S/c1-14-18(11-12-20(28)30-6)15(2)27(26-14)17-9-7-16(8-10-17)21(29)25-22-24-19(13-31-22)23(3,4)5/h7-10,13H,11-12H2,1-6H3,(H,24,25,29). The van der Waals surface area contributed by atoms with Crippen LogP contribution >= 0.6 is 11.3 Å². The monoisotopic (exact) mass is 440 g/mol. The highest BCUT2D eigenvalue weighted by Crippen LogP contribution is 2.27. The zero-order valence-corrected chi connectivity index (χ0v) is 19.6. The van der Waals surface area contributed by atoms with E-state index in [4.69, 9.17) is 4.74 Å². The van der Waals surface area contributed by atoms with Gasteiger partial charge in [0.15, 0.2) is 5.13 Å². The molecular formula is C23H28N4O3S. The van der Waals surface area contributed by atoms with Crippen molar-refractivity contribution in [2.24, 2.45) is 0 Å². The molecule has 3 rings (SSSR count). The molecule has 0 fully saturated rings. The van der Waals surface area contributed by atoms with E-state index < -0.39 is 0 Å². The van der Waals surface area contributed by atoms with Gasteiger partial charge in [-0.25, -0.2) is 9.67 Å². The lowest BCUT2D eigenvalue weighted by Crippen LogP contribution is -2.14. The van der Waals surface area contributed by atoms with Crippen LogP contribution in [0.2, 0.25) is 0 Å². The second-order valence-corrected chi connectivity index (χ2v) is 9.28. The number of carbonyl (C=O) groups is 2. The minimum atomic E-state index is -0.239. The number of carbonyl (C=O) groups excluding carboxylic acids is 2. The number of nitrogens with one attached hydrogen (secondary N) is 1. The average Bonchev–Trinajstić information content (AvgIpc) is 3.31. The number of ether oxygens (including phenoxy) is 1. The molecule has 0 atom stereocenters. The number of esters is 1. The second-order valence-electron chi connectivity index (χ2n) is 8.43. The van der Waals surface area contributed by atoms with Crippen molar-refractivity contribution in [3.8, 4) is 5.69 Å². The molecule has 1 N–H and O–H groups in total. The number of aromatic nitrogens is 3. The van der Waals surface area contributed by atoms with Crippen molar-refractivity contribution in [1.82, 2.24) is 14.8 Å². The summed E-state index contributed by atoms with van der Waals surface area (Å²) in [5.74, 6) is -0.440. The SMILES string of the molecule is COC(=O)CCc1c(C)nn(-c2ccc(C(=O)Nc3nc(C(C)(C)C)cs3)cc2)c1C. The van der Waals surface area contributed by atoms with Gasteiger partial charge in [-0.05, 0) is 50.1 Å². The summed E-state index contributed by atoms with van der Waals surface area (Å²) in [6.45, 7) is 10.2. The highest BCUT2D eigenvalue weighted by atomic mass is 32.1. The lowest BCUT2D eigenvalue weighted by Gasteiger charge is -2.14. The first-order valence-corrected chi connectivity index (χ1v) is 11.0. The van der Waals surface area contributed by atoms with Crippen LogP contribution in [0.15, 0.2) is 29.6 Å². The van der Waals surface area contributed by atoms with Gasteiger partial charge in [-0.1, -0.05) is 20.8 Å². The van der Waals surface area contributed by atoms with Crippen LogP contribution in [0, 0.1) is 13.8 Å². The molecule has 2 heterocycles. The predicted molar refractivity (Wildman–Crippen MR) is 122 cm³/mol. The number of rotatable bonds is 6. The predicted octanol–water partition coefficient (Wildman–Crippen LogP) is 4.60. The number of hydrogen-bond acceptors (Lipinski definition) is 6. The van der Waals surface area contributed by atoms with E-state index in [1.165, 1.54) is 18.4 Å². The van der Waals surface area contributed by atoms with Gasteiger partial charge in [-0.2, -0.15) is 5.10 Å². The Morgan fingerprint density at radius 1 is 1.16 bits per heavy atom. The van der Waals surface area contributed by atoms with Crippen LogP contribution in [0.4, 0.5) is 5.13 Å². The van der Waals surface area contributed by atoms with E-state index in [1.807, 2.05) is 36.0 Å². The number of amides is 1. The molecule has 7 nitrogen and oxygen atoms in total. The van der Waals surface area contributed by atoms with Crippen LogP contribution in [-0.2, 0) is 21.4 Å². The molecule has 0 bridgehead atoms. The summed E-state index contributed by atoms with van der Waals surface area (Å²) in [4.78, 5) is 28.6. The lowest BCUT2D eigenvalue weighted by atomic mass is 9.93. The van der Waals surface area contributed by atoms with Crippen LogP contribution in [0.1, 0.15) is 60.2 Å². The Hall–Kier alpha value is -3.00. The number of hydrogen-bond donors (Lipinski definition) is 1. The third-order valence-corrected chi connectivity index (χ3v) is 5.87. The van der Waals surface area contributed by atoms with Crippen molar-refractivity contribution in [3.05, 3.63) is 57.9 Å². The Balaban J connectivity index is 1.73. The van der Waals surface area contributed by atoms with E-state index in [0.717, 1.165) is 28.3 Å². The van der Waals surface area contributed by atoms with E-state index in [2.05, 4.69) is 36.2 Å². The maximum Gasteiger partial charge on any atom is 0.305 e. The molecule has 1 aromatic carbocycles. The molecule has 0 unspecified atom stereocenters. The Morgan fingerprint density at radius 2 is 1.84 bits per heavy atom. The van der Waals surface area contributed by atoms with Gasteiger partial charge < -0.3 is 4.74 Å². The third-order valence-electron chi connectivity index (χ3n) is 5.12.